The summed E-state index contributed by atoms with van der Waals surface area (Å²) in [5, 5.41) is 17.5. The third-order valence-electron chi connectivity index (χ3n) is 2.17. The molecule has 0 atom stereocenters. The van der Waals surface area contributed by atoms with Gasteiger partial charge in [0.1, 0.15) is 0 Å². The van der Waals surface area contributed by atoms with Crippen LogP contribution >= 0.6 is 0 Å². The Morgan fingerprint density at radius 2 is 1.47 bits per heavy atom. The first kappa shape index (κ1) is 16.8. The molecule has 0 spiro atoms. The van der Waals surface area contributed by atoms with Gasteiger partial charge in [-0.15, -0.1) is 0 Å². The summed E-state index contributed by atoms with van der Waals surface area (Å²) >= 11 is 0. The second-order valence-electron chi connectivity index (χ2n) is 4.90. The minimum Gasteiger partial charge on any atom is -0.478 e. The quantitative estimate of drug-likeness (QED) is 0.444. The highest BCUT2D eigenvalue weighted by Crippen LogP contribution is 2.17. The fourth-order valence-electron chi connectivity index (χ4n) is 0.935. The highest BCUT2D eigenvalue weighted by atomic mass is 16.6. The van der Waals surface area contributed by atoms with Gasteiger partial charge in [0.15, 0.2) is 0 Å². The average Bonchev–Trinajstić information content (AvgIpc) is 2.22. The fraction of sp³-hybridized carbons (Fsp3) is 0.500. The first-order chi connectivity index (χ1) is 8.46. The van der Waals surface area contributed by atoms with Crippen molar-refractivity contribution in [3.05, 3.63) is 11.1 Å². The first-order valence-electron chi connectivity index (χ1n) is 5.38. The van der Waals surface area contributed by atoms with Crippen molar-refractivity contribution in [1.29, 1.82) is 0 Å². The molecule has 0 unspecified atom stereocenters. The van der Waals surface area contributed by atoms with E-state index in [4.69, 9.17) is 10.2 Å². The molecule has 0 radical (unpaired) electrons. The lowest BCUT2D eigenvalue weighted by Gasteiger charge is -2.15. The van der Waals surface area contributed by atoms with Crippen molar-refractivity contribution in [3.8, 4) is 0 Å². The molecule has 0 aliphatic carbocycles. The van der Waals surface area contributed by atoms with Crippen LogP contribution in [-0.4, -0.2) is 34.1 Å². The van der Waals surface area contributed by atoms with Gasteiger partial charge in [0.05, 0.1) is 17.4 Å². The lowest BCUT2D eigenvalue weighted by molar-refractivity contribution is -0.165. The Morgan fingerprint density at radius 3 is 1.79 bits per heavy atom. The van der Waals surface area contributed by atoms with Crippen molar-refractivity contribution in [2.45, 2.75) is 34.1 Å². The number of carboxylic acid groups (broad SMARTS) is 2. The number of carbonyl (C=O) groups is 4. The van der Waals surface area contributed by atoms with Crippen molar-refractivity contribution < 1.29 is 34.1 Å². The van der Waals surface area contributed by atoms with Crippen LogP contribution in [0, 0.1) is 5.41 Å². The van der Waals surface area contributed by atoms with Gasteiger partial charge in [0.25, 0.3) is 0 Å². The van der Waals surface area contributed by atoms with Gasteiger partial charge in [-0.2, -0.15) is 0 Å². The van der Waals surface area contributed by atoms with Gasteiger partial charge >= 0.3 is 23.9 Å². The summed E-state index contributed by atoms with van der Waals surface area (Å²) in [6, 6.07) is 0. The van der Waals surface area contributed by atoms with Crippen LogP contribution < -0.4 is 0 Å². The third kappa shape index (κ3) is 5.33. The maximum absolute atomic E-state index is 11.4. The SMILES string of the molecule is C/C(C(=O)O)=C(/CC(=O)OC(=O)C(C)(C)C)C(=O)O. The van der Waals surface area contributed by atoms with E-state index in [0.29, 0.717) is 0 Å². The smallest absolute Gasteiger partial charge is 0.332 e. The van der Waals surface area contributed by atoms with Gasteiger partial charge in [-0.05, 0) is 27.7 Å². The minimum atomic E-state index is -1.54. The molecule has 7 heteroatoms. The number of hydrogen-bond donors (Lipinski definition) is 2. The monoisotopic (exact) mass is 272 g/mol. The van der Waals surface area contributed by atoms with Gasteiger partial charge in [-0.25, -0.2) is 9.59 Å². The molecule has 0 amide bonds. The summed E-state index contributed by atoms with van der Waals surface area (Å²) < 4.78 is 4.46. The summed E-state index contributed by atoms with van der Waals surface area (Å²) in [4.78, 5) is 44.3. The molecule has 0 aromatic carbocycles. The van der Waals surface area contributed by atoms with Gasteiger partial charge < -0.3 is 14.9 Å². The topological polar surface area (TPSA) is 118 Å². The number of carboxylic acids is 2. The summed E-state index contributed by atoms with van der Waals surface area (Å²) in [5.41, 5.74) is -2.00. The van der Waals surface area contributed by atoms with E-state index in [1.807, 2.05) is 0 Å². The lowest BCUT2D eigenvalue weighted by Crippen LogP contribution is -2.26. The highest BCUT2D eigenvalue weighted by molar-refractivity contribution is 6.02. The molecule has 7 nitrogen and oxygen atoms in total. The number of hydrogen-bond acceptors (Lipinski definition) is 5. The van der Waals surface area contributed by atoms with E-state index in [9.17, 15) is 19.2 Å². The zero-order valence-corrected chi connectivity index (χ0v) is 11.1. The van der Waals surface area contributed by atoms with Crippen LogP contribution in [0.1, 0.15) is 34.1 Å². The normalized spacial score (nSPS) is 12.4. The van der Waals surface area contributed by atoms with E-state index < -0.39 is 46.9 Å². The van der Waals surface area contributed by atoms with Crippen LogP contribution in [0.5, 0.6) is 0 Å². The molecule has 0 aliphatic rings. The van der Waals surface area contributed by atoms with E-state index in [1.165, 1.54) is 20.8 Å². The molecule has 0 aromatic heterocycles. The van der Waals surface area contributed by atoms with E-state index in [0.717, 1.165) is 6.92 Å². The van der Waals surface area contributed by atoms with Gasteiger partial charge in [0, 0.05) is 5.57 Å². The van der Waals surface area contributed by atoms with Crippen LogP contribution in [-0.2, 0) is 23.9 Å². The minimum absolute atomic E-state index is 0.479. The van der Waals surface area contributed by atoms with E-state index in [1.54, 1.807) is 0 Å². The number of ether oxygens (including phenoxy) is 1. The first-order valence-corrected chi connectivity index (χ1v) is 5.38. The molecule has 0 heterocycles. The Kier molecular flexibility index (Phi) is 5.42. The molecule has 2 N–H and O–H groups in total. The third-order valence-corrected chi connectivity index (χ3v) is 2.17. The predicted octanol–water partition coefficient (Wildman–Crippen LogP) is 0.978. The second-order valence-corrected chi connectivity index (χ2v) is 4.90. The van der Waals surface area contributed by atoms with Gasteiger partial charge in [-0.3, -0.25) is 9.59 Å². The van der Waals surface area contributed by atoms with Crippen LogP contribution in [0.3, 0.4) is 0 Å². The van der Waals surface area contributed by atoms with E-state index in [-0.39, 0.29) is 0 Å². The molecule has 19 heavy (non-hydrogen) atoms. The summed E-state index contributed by atoms with van der Waals surface area (Å²) in [5.74, 6) is -4.90. The average molecular weight is 272 g/mol. The van der Waals surface area contributed by atoms with E-state index >= 15 is 0 Å². The number of carbonyl (C=O) groups excluding carboxylic acids is 2. The van der Waals surface area contributed by atoms with Crippen molar-refractivity contribution in [3.63, 3.8) is 0 Å². The second kappa shape index (κ2) is 6.12. The fourth-order valence-corrected chi connectivity index (χ4v) is 0.935. The number of aliphatic carboxylic acids is 2. The van der Waals surface area contributed by atoms with Crippen molar-refractivity contribution >= 4 is 23.9 Å². The molecular weight excluding hydrogens is 256 g/mol. The zero-order chi connectivity index (χ0) is 15.4. The Balaban J connectivity index is 4.98. The largest absolute Gasteiger partial charge is 0.478 e. The van der Waals surface area contributed by atoms with Crippen molar-refractivity contribution in [1.82, 2.24) is 0 Å². The van der Waals surface area contributed by atoms with Crippen molar-refractivity contribution in [2.75, 3.05) is 0 Å². The van der Waals surface area contributed by atoms with Crippen LogP contribution in [0.2, 0.25) is 0 Å². The maximum Gasteiger partial charge on any atom is 0.332 e. The van der Waals surface area contributed by atoms with Crippen LogP contribution in [0.25, 0.3) is 0 Å². The molecule has 0 saturated heterocycles. The molecule has 0 rings (SSSR count). The summed E-state index contributed by atoms with van der Waals surface area (Å²) in [7, 11) is 0. The Morgan fingerprint density at radius 1 is 1.00 bits per heavy atom. The molecule has 0 aromatic rings. The molecule has 0 bridgehead atoms. The highest BCUT2D eigenvalue weighted by Gasteiger charge is 2.27. The number of esters is 2. The molecule has 0 fully saturated rings. The Bertz CT molecular complexity index is 451. The molecule has 106 valence electrons. The van der Waals surface area contributed by atoms with Gasteiger partial charge in [0.2, 0.25) is 0 Å². The van der Waals surface area contributed by atoms with Crippen LogP contribution in [0.4, 0.5) is 0 Å². The maximum atomic E-state index is 11.4. The summed E-state index contributed by atoms with van der Waals surface area (Å²) in [6.07, 6.45) is -0.782. The summed E-state index contributed by atoms with van der Waals surface area (Å²) in [6.45, 7) is 5.64. The standard InChI is InChI=1S/C12H16O7/c1-6(9(14)15)7(10(16)17)5-8(13)19-11(18)12(2,3)4/h5H2,1-4H3,(H,14,15)(H,16,17)/b7-6+. The number of rotatable bonds is 4. The molecule has 0 saturated carbocycles. The van der Waals surface area contributed by atoms with E-state index in [2.05, 4.69) is 4.74 Å². The lowest BCUT2D eigenvalue weighted by atomic mass is 9.97. The van der Waals surface area contributed by atoms with Gasteiger partial charge in [-0.1, -0.05) is 0 Å². The van der Waals surface area contributed by atoms with Crippen LogP contribution in [0.15, 0.2) is 11.1 Å². The molecule has 0 aliphatic heterocycles. The Labute approximate surface area is 109 Å². The predicted molar refractivity (Wildman–Crippen MR) is 63.1 cm³/mol. The Hall–Kier alpha value is -2.18. The molecular formula is C12H16O7. The zero-order valence-electron chi connectivity index (χ0n) is 11.1. The van der Waals surface area contributed by atoms with Crippen molar-refractivity contribution in [2.24, 2.45) is 5.41 Å².